The second-order valence-corrected chi connectivity index (χ2v) is 6.13. The molecule has 1 aliphatic rings. The third kappa shape index (κ3) is 3.43. The number of ether oxygens (including phenoxy) is 3. The topological polar surface area (TPSA) is 117 Å². The lowest BCUT2D eigenvalue weighted by molar-refractivity contribution is -0.123. The molecule has 144 valence electrons. The first-order valence-electron chi connectivity index (χ1n) is 8.61. The van der Waals surface area contributed by atoms with Gasteiger partial charge >= 0.3 is 5.97 Å². The Labute approximate surface area is 159 Å². The van der Waals surface area contributed by atoms with E-state index in [0.717, 1.165) is 5.69 Å². The van der Waals surface area contributed by atoms with Crippen molar-refractivity contribution in [2.75, 3.05) is 18.5 Å². The monoisotopic (exact) mass is 383 g/mol. The molecule has 3 heterocycles. The van der Waals surface area contributed by atoms with Crippen molar-refractivity contribution in [3.05, 3.63) is 42.0 Å². The molecule has 28 heavy (non-hydrogen) atoms. The Morgan fingerprint density at radius 1 is 1.21 bits per heavy atom. The zero-order valence-electron chi connectivity index (χ0n) is 15.2. The predicted molar refractivity (Wildman–Crippen MR) is 96.5 cm³/mol. The van der Waals surface area contributed by atoms with Crippen molar-refractivity contribution >= 4 is 23.3 Å². The Balaban J connectivity index is 1.42. The molecular weight excluding hydrogens is 366 g/mol. The first-order chi connectivity index (χ1) is 13.5. The van der Waals surface area contributed by atoms with Gasteiger partial charge in [0.15, 0.2) is 17.6 Å². The summed E-state index contributed by atoms with van der Waals surface area (Å²) in [6.07, 6.45) is 0.513. The van der Waals surface area contributed by atoms with Crippen LogP contribution in [0.3, 0.4) is 0 Å². The van der Waals surface area contributed by atoms with Gasteiger partial charge in [-0.2, -0.15) is 4.98 Å². The van der Waals surface area contributed by atoms with Crippen LogP contribution >= 0.6 is 0 Å². The molecule has 1 amide bonds. The minimum Gasteiger partial charge on any atom is -0.486 e. The predicted octanol–water partition coefficient (Wildman–Crippen LogP) is 1.39. The van der Waals surface area contributed by atoms with E-state index in [1.807, 2.05) is 6.92 Å². The van der Waals surface area contributed by atoms with Gasteiger partial charge in [0, 0.05) is 23.6 Å². The number of nitrogens with one attached hydrogen (secondary N) is 1. The smallest absolute Gasteiger partial charge is 0.379 e. The number of anilines is 1. The van der Waals surface area contributed by atoms with Crippen LogP contribution in [0.25, 0.3) is 5.78 Å². The number of rotatable bonds is 4. The van der Waals surface area contributed by atoms with E-state index in [4.69, 9.17) is 14.2 Å². The lowest BCUT2D eigenvalue weighted by Crippen LogP contribution is -2.30. The molecule has 0 bridgehead atoms. The number of aryl methyl sites for hydroxylation is 1. The van der Waals surface area contributed by atoms with Crippen molar-refractivity contribution in [1.82, 2.24) is 19.6 Å². The highest BCUT2D eigenvalue weighted by molar-refractivity contribution is 5.96. The fourth-order valence-corrected chi connectivity index (χ4v) is 2.62. The quantitative estimate of drug-likeness (QED) is 0.672. The number of carbonyl (C=O) groups is 2. The molecule has 0 saturated heterocycles. The summed E-state index contributed by atoms with van der Waals surface area (Å²) in [7, 11) is 0. The molecule has 0 saturated carbocycles. The molecule has 1 aliphatic heterocycles. The van der Waals surface area contributed by atoms with Gasteiger partial charge in [0.05, 0.1) is 0 Å². The Morgan fingerprint density at radius 2 is 2.00 bits per heavy atom. The normalized spacial score (nSPS) is 13.8. The summed E-state index contributed by atoms with van der Waals surface area (Å²) in [5, 5.41) is 6.74. The van der Waals surface area contributed by atoms with Crippen LogP contribution in [-0.2, 0) is 9.53 Å². The molecular formula is C18H17N5O5. The average molecular weight is 383 g/mol. The van der Waals surface area contributed by atoms with Gasteiger partial charge in [-0.25, -0.2) is 14.3 Å². The number of benzene rings is 1. The molecule has 10 nitrogen and oxygen atoms in total. The zero-order valence-corrected chi connectivity index (χ0v) is 15.2. The number of amides is 1. The van der Waals surface area contributed by atoms with Gasteiger partial charge in [-0.3, -0.25) is 4.79 Å². The third-order valence-electron chi connectivity index (χ3n) is 4.08. The molecule has 1 aromatic carbocycles. The molecule has 0 radical (unpaired) electrons. The Bertz CT molecular complexity index is 1060. The van der Waals surface area contributed by atoms with E-state index in [9.17, 15) is 9.59 Å². The standard InChI is InChI=1S/C18H17N5O5/c1-10-5-6-19-18-21-15(22-23(10)18)17(25)28-11(2)16(24)20-12-3-4-13-14(9-12)27-8-7-26-13/h3-6,9,11H,7-8H2,1-2H3,(H,20,24)/t11-/m1/s1. The van der Waals surface area contributed by atoms with Crippen molar-refractivity contribution in [3.8, 4) is 11.5 Å². The Morgan fingerprint density at radius 3 is 2.79 bits per heavy atom. The highest BCUT2D eigenvalue weighted by Gasteiger charge is 2.23. The van der Waals surface area contributed by atoms with Crippen molar-refractivity contribution in [2.45, 2.75) is 20.0 Å². The highest BCUT2D eigenvalue weighted by atomic mass is 16.6. The van der Waals surface area contributed by atoms with E-state index in [1.54, 1.807) is 30.5 Å². The molecule has 1 atom stereocenters. The van der Waals surface area contributed by atoms with Crippen LogP contribution in [0.5, 0.6) is 11.5 Å². The van der Waals surface area contributed by atoms with Crippen LogP contribution in [0.4, 0.5) is 5.69 Å². The maximum absolute atomic E-state index is 12.4. The summed E-state index contributed by atoms with van der Waals surface area (Å²) in [6, 6.07) is 6.77. The summed E-state index contributed by atoms with van der Waals surface area (Å²) in [4.78, 5) is 32.7. The molecule has 10 heteroatoms. The highest BCUT2D eigenvalue weighted by Crippen LogP contribution is 2.32. The number of carbonyl (C=O) groups excluding carboxylic acids is 2. The van der Waals surface area contributed by atoms with Crippen molar-refractivity contribution < 1.29 is 23.8 Å². The molecule has 3 aromatic rings. The summed E-state index contributed by atoms with van der Waals surface area (Å²) < 4.78 is 17.5. The number of aromatic nitrogens is 4. The third-order valence-corrected chi connectivity index (χ3v) is 4.08. The number of nitrogens with zero attached hydrogens (tertiary/aromatic N) is 4. The molecule has 0 unspecified atom stereocenters. The van der Waals surface area contributed by atoms with Gasteiger partial charge < -0.3 is 19.5 Å². The summed E-state index contributed by atoms with van der Waals surface area (Å²) in [5.74, 6) is -0.0325. The van der Waals surface area contributed by atoms with E-state index < -0.39 is 18.0 Å². The fraction of sp³-hybridized carbons (Fsp3) is 0.278. The van der Waals surface area contributed by atoms with Crippen LogP contribution in [0.1, 0.15) is 23.2 Å². The SMILES string of the molecule is Cc1ccnc2nc(C(=O)O[C@H](C)C(=O)Nc3ccc4c(c3)OCCO4)nn12. The fourth-order valence-electron chi connectivity index (χ4n) is 2.62. The number of hydrogen-bond acceptors (Lipinski definition) is 8. The second kappa shape index (κ2) is 7.14. The van der Waals surface area contributed by atoms with Crippen LogP contribution in [-0.4, -0.2) is 50.8 Å². The van der Waals surface area contributed by atoms with Crippen molar-refractivity contribution in [2.24, 2.45) is 0 Å². The first kappa shape index (κ1) is 17.7. The van der Waals surface area contributed by atoms with E-state index in [-0.39, 0.29) is 11.6 Å². The zero-order chi connectivity index (χ0) is 19.7. The Hall–Kier alpha value is -3.69. The van der Waals surface area contributed by atoms with Gasteiger partial charge in [-0.05, 0) is 32.0 Å². The minimum atomic E-state index is -1.05. The average Bonchev–Trinajstić information content (AvgIpc) is 3.14. The van der Waals surface area contributed by atoms with E-state index >= 15 is 0 Å². The second-order valence-electron chi connectivity index (χ2n) is 6.13. The van der Waals surface area contributed by atoms with Crippen molar-refractivity contribution in [1.29, 1.82) is 0 Å². The van der Waals surface area contributed by atoms with Crippen LogP contribution in [0, 0.1) is 6.92 Å². The summed E-state index contributed by atoms with van der Waals surface area (Å²) in [6.45, 7) is 4.20. The molecule has 0 fully saturated rings. The van der Waals surface area contributed by atoms with Crippen LogP contribution < -0.4 is 14.8 Å². The molecule has 2 aromatic heterocycles. The number of fused-ring (bicyclic) bond motifs is 2. The first-order valence-corrected chi connectivity index (χ1v) is 8.61. The molecule has 0 spiro atoms. The number of hydrogen-bond donors (Lipinski definition) is 1. The summed E-state index contributed by atoms with van der Waals surface area (Å²) in [5.41, 5.74) is 1.27. The maximum Gasteiger partial charge on any atom is 0.379 e. The lowest BCUT2D eigenvalue weighted by atomic mass is 10.2. The van der Waals surface area contributed by atoms with Gasteiger partial charge in [-0.1, -0.05) is 0 Å². The molecule has 0 aliphatic carbocycles. The minimum absolute atomic E-state index is 0.166. The maximum atomic E-state index is 12.4. The molecule has 1 N–H and O–H groups in total. The summed E-state index contributed by atoms with van der Waals surface area (Å²) >= 11 is 0. The Kier molecular flexibility index (Phi) is 4.52. The van der Waals surface area contributed by atoms with E-state index in [2.05, 4.69) is 20.4 Å². The van der Waals surface area contributed by atoms with Crippen LogP contribution in [0.2, 0.25) is 0 Å². The van der Waals surface area contributed by atoms with Gasteiger partial charge in [0.2, 0.25) is 0 Å². The van der Waals surface area contributed by atoms with Gasteiger partial charge in [0.25, 0.3) is 17.5 Å². The van der Waals surface area contributed by atoms with Crippen molar-refractivity contribution in [3.63, 3.8) is 0 Å². The van der Waals surface area contributed by atoms with E-state index in [1.165, 1.54) is 11.4 Å². The number of esters is 1. The van der Waals surface area contributed by atoms with Gasteiger partial charge in [-0.15, -0.1) is 5.10 Å². The molecule has 4 rings (SSSR count). The van der Waals surface area contributed by atoms with Gasteiger partial charge in [0.1, 0.15) is 13.2 Å². The largest absolute Gasteiger partial charge is 0.486 e. The van der Waals surface area contributed by atoms with E-state index in [0.29, 0.717) is 30.4 Å². The lowest BCUT2D eigenvalue weighted by Gasteiger charge is -2.19. The van der Waals surface area contributed by atoms with Crippen LogP contribution in [0.15, 0.2) is 30.5 Å².